The molecule has 104 valence electrons. The molecule has 3 aliphatic carbocycles. The Balaban J connectivity index is 2.25. The van der Waals surface area contributed by atoms with E-state index in [1.165, 1.54) is 0 Å². The van der Waals surface area contributed by atoms with Gasteiger partial charge in [0, 0.05) is 16.4 Å². The van der Waals surface area contributed by atoms with Gasteiger partial charge in [0.05, 0.1) is 12.7 Å². The molecule has 3 atom stereocenters. The van der Waals surface area contributed by atoms with Crippen LogP contribution in [0.2, 0.25) is 0 Å². The van der Waals surface area contributed by atoms with Gasteiger partial charge in [0.2, 0.25) is 0 Å². The Morgan fingerprint density at radius 2 is 1.95 bits per heavy atom. The van der Waals surface area contributed by atoms with Crippen molar-refractivity contribution in [2.45, 2.75) is 45.3 Å². The van der Waals surface area contributed by atoms with Crippen molar-refractivity contribution in [1.29, 1.82) is 0 Å². The molecule has 1 spiro atoms. The van der Waals surface area contributed by atoms with Crippen LogP contribution in [0.15, 0.2) is 22.8 Å². The molecule has 1 fully saturated rings. The van der Waals surface area contributed by atoms with Gasteiger partial charge >= 0.3 is 0 Å². The molecular weight excluding hydrogens is 244 g/mol. The predicted molar refractivity (Wildman–Crippen MR) is 69.3 cm³/mol. The van der Waals surface area contributed by atoms with E-state index in [-0.39, 0.29) is 12.4 Å². The van der Waals surface area contributed by atoms with Gasteiger partial charge < -0.3 is 15.3 Å². The van der Waals surface area contributed by atoms with Crippen molar-refractivity contribution in [3.05, 3.63) is 22.8 Å². The highest BCUT2D eigenvalue weighted by Gasteiger charge is 2.66. The van der Waals surface area contributed by atoms with Crippen LogP contribution in [0.4, 0.5) is 0 Å². The summed E-state index contributed by atoms with van der Waals surface area (Å²) >= 11 is 0. The average molecular weight is 264 g/mol. The third-order valence-corrected chi connectivity index (χ3v) is 5.49. The Bertz CT molecular complexity index is 536. The summed E-state index contributed by atoms with van der Waals surface area (Å²) in [6.07, 6.45) is 2.31. The molecule has 1 saturated carbocycles. The molecule has 0 heterocycles. The molecular formula is C15H20O4. The highest BCUT2D eigenvalue weighted by molar-refractivity contribution is 6.09. The zero-order chi connectivity index (χ0) is 14.2. The molecule has 0 aromatic carbocycles. The molecule has 0 bridgehead atoms. The van der Waals surface area contributed by atoms with E-state index >= 15 is 0 Å². The number of aliphatic hydroxyl groups is 3. The second kappa shape index (κ2) is 3.37. The lowest BCUT2D eigenvalue weighted by Gasteiger charge is -2.39. The second-order valence-electron chi connectivity index (χ2n) is 6.65. The molecule has 0 aromatic rings. The zero-order valence-corrected chi connectivity index (χ0v) is 11.5. The molecule has 3 aliphatic rings. The lowest BCUT2D eigenvalue weighted by atomic mass is 9.67. The predicted octanol–water partition coefficient (Wildman–Crippen LogP) is 0.716. The lowest BCUT2D eigenvalue weighted by molar-refractivity contribution is -0.138. The van der Waals surface area contributed by atoms with Crippen LogP contribution >= 0.6 is 0 Å². The lowest BCUT2D eigenvalue weighted by Crippen LogP contribution is -2.50. The van der Waals surface area contributed by atoms with Gasteiger partial charge in [0.1, 0.15) is 5.60 Å². The van der Waals surface area contributed by atoms with Crippen molar-refractivity contribution in [2.24, 2.45) is 10.8 Å². The van der Waals surface area contributed by atoms with Gasteiger partial charge in [0.25, 0.3) is 0 Å². The maximum absolute atomic E-state index is 12.5. The molecule has 0 saturated heterocycles. The van der Waals surface area contributed by atoms with E-state index in [0.717, 1.165) is 18.4 Å². The highest BCUT2D eigenvalue weighted by atomic mass is 16.3. The standard InChI is InChI=1S/C15H20O4/c1-8-10-9(6-13(2,7-16)12(10)18)11(17)14(3,19)15(8)4-5-15/h6,12,16,18-19H,4-5,7H2,1-3H3/t12?,13-,14-/m0/s1. The number of Topliss-reactive ketones (excluding diaryl/α,β-unsaturated/α-hetero) is 1. The van der Waals surface area contributed by atoms with E-state index in [1.54, 1.807) is 19.9 Å². The van der Waals surface area contributed by atoms with Crippen molar-refractivity contribution in [3.8, 4) is 0 Å². The van der Waals surface area contributed by atoms with Crippen molar-refractivity contribution in [3.63, 3.8) is 0 Å². The number of rotatable bonds is 1. The Hall–Kier alpha value is -0.970. The number of fused-ring (bicyclic) bond motifs is 1. The minimum absolute atomic E-state index is 0.225. The first kappa shape index (κ1) is 13.0. The fourth-order valence-corrected chi connectivity index (χ4v) is 3.78. The van der Waals surface area contributed by atoms with Gasteiger partial charge in [-0.15, -0.1) is 0 Å². The summed E-state index contributed by atoms with van der Waals surface area (Å²) in [5.74, 6) is -0.318. The third-order valence-electron chi connectivity index (χ3n) is 5.49. The maximum Gasteiger partial charge on any atom is 0.195 e. The molecule has 4 heteroatoms. The molecule has 0 radical (unpaired) electrons. The SMILES string of the molecule is CC1=C2C(=C[C@@](C)(CO)C2O)C(=O)[C@](C)(O)C12CC2. The summed E-state index contributed by atoms with van der Waals surface area (Å²) in [4.78, 5) is 12.5. The normalized spacial score (nSPS) is 43.6. The number of carbonyl (C=O) groups excluding carboxylic acids is 1. The van der Waals surface area contributed by atoms with Gasteiger partial charge in [-0.05, 0) is 32.3 Å². The average Bonchev–Trinajstić information content (AvgIpc) is 3.12. The topological polar surface area (TPSA) is 77.8 Å². The molecule has 0 amide bonds. The number of hydrogen-bond acceptors (Lipinski definition) is 4. The summed E-state index contributed by atoms with van der Waals surface area (Å²) in [6, 6.07) is 0. The summed E-state index contributed by atoms with van der Waals surface area (Å²) < 4.78 is 0. The Morgan fingerprint density at radius 1 is 1.37 bits per heavy atom. The molecule has 3 rings (SSSR count). The summed E-state index contributed by atoms with van der Waals surface area (Å²) in [5.41, 5.74) is -0.800. The monoisotopic (exact) mass is 264 g/mol. The van der Waals surface area contributed by atoms with Gasteiger partial charge in [-0.1, -0.05) is 18.6 Å². The van der Waals surface area contributed by atoms with Crippen molar-refractivity contribution in [2.75, 3.05) is 6.61 Å². The molecule has 4 nitrogen and oxygen atoms in total. The maximum atomic E-state index is 12.5. The van der Waals surface area contributed by atoms with Gasteiger partial charge in [-0.25, -0.2) is 0 Å². The van der Waals surface area contributed by atoms with Crippen LogP contribution < -0.4 is 0 Å². The zero-order valence-electron chi connectivity index (χ0n) is 11.5. The summed E-state index contributed by atoms with van der Waals surface area (Å²) in [6.45, 7) is 4.97. The fraction of sp³-hybridized carbons (Fsp3) is 0.667. The minimum atomic E-state index is -1.40. The quantitative estimate of drug-likeness (QED) is 0.652. The van der Waals surface area contributed by atoms with Gasteiger partial charge in [-0.3, -0.25) is 4.79 Å². The molecule has 0 aliphatic heterocycles. The minimum Gasteiger partial charge on any atom is -0.395 e. The summed E-state index contributed by atoms with van der Waals surface area (Å²) in [7, 11) is 0. The first-order chi connectivity index (χ1) is 8.71. The van der Waals surface area contributed by atoms with E-state index in [2.05, 4.69) is 0 Å². The van der Waals surface area contributed by atoms with E-state index in [9.17, 15) is 20.1 Å². The molecule has 0 aromatic heterocycles. The van der Waals surface area contributed by atoms with Crippen LogP contribution in [0.1, 0.15) is 33.6 Å². The number of carbonyl (C=O) groups is 1. The molecule has 1 unspecified atom stereocenters. The van der Waals surface area contributed by atoms with E-state index in [0.29, 0.717) is 11.1 Å². The second-order valence-corrected chi connectivity index (χ2v) is 6.65. The van der Waals surface area contributed by atoms with Crippen LogP contribution in [0, 0.1) is 10.8 Å². The van der Waals surface area contributed by atoms with Crippen molar-refractivity contribution >= 4 is 5.78 Å². The van der Waals surface area contributed by atoms with E-state index in [1.807, 2.05) is 6.92 Å². The first-order valence-corrected chi connectivity index (χ1v) is 6.72. The Morgan fingerprint density at radius 3 is 2.42 bits per heavy atom. The smallest absolute Gasteiger partial charge is 0.195 e. The van der Waals surface area contributed by atoms with Crippen LogP contribution in [0.5, 0.6) is 0 Å². The fourth-order valence-electron chi connectivity index (χ4n) is 3.78. The number of aliphatic hydroxyl groups excluding tert-OH is 2. The molecule has 3 N–H and O–H groups in total. The van der Waals surface area contributed by atoms with E-state index in [4.69, 9.17) is 0 Å². The van der Waals surface area contributed by atoms with Crippen LogP contribution in [0.3, 0.4) is 0 Å². The van der Waals surface area contributed by atoms with Crippen LogP contribution in [0.25, 0.3) is 0 Å². The van der Waals surface area contributed by atoms with Crippen LogP contribution in [-0.4, -0.2) is 39.4 Å². The summed E-state index contributed by atoms with van der Waals surface area (Å²) in [5, 5.41) is 30.6. The first-order valence-electron chi connectivity index (χ1n) is 6.72. The Labute approximate surface area is 112 Å². The van der Waals surface area contributed by atoms with E-state index < -0.39 is 22.5 Å². The number of hydrogen-bond donors (Lipinski definition) is 3. The highest BCUT2D eigenvalue weighted by Crippen LogP contribution is 2.65. The third kappa shape index (κ3) is 1.27. The van der Waals surface area contributed by atoms with Crippen LogP contribution in [-0.2, 0) is 4.79 Å². The van der Waals surface area contributed by atoms with Gasteiger partial charge in [-0.2, -0.15) is 0 Å². The largest absolute Gasteiger partial charge is 0.395 e. The molecule has 19 heavy (non-hydrogen) atoms. The van der Waals surface area contributed by atoms with Crippen molar-refractivity contribution < 1.29 is 20.1 Å². The van der Waals surface area contributed by atoms with Gasteiger partial charge in [0.15, 0.2) is 5.78 Å². The Kier molecular flexibility index (Phi) is 2.31. The number of ketones is 1. The van der Waals surface area contributed by atoms with Crippen molar-refractivity contribution in [1.82, 2.24) is 0 Å².